The summed E-state index contributed by atoms with van der Waals surface area (Å²) >= 11 is 0. The lowest BCUT2D eigenvalue weighted by molar-refractivity contribution is 0.246. The zero-order chi connectivity index (χ0) is 20.2. The van der Waals surface area contributed by atoms with Gasteiger partial charge in [-0.3, -0.25) is 0 Å². The molecule has 2 amide bonds. The van der Waals surface area contributed by atoms with Gasteiger partial charge in [-0.1, -0.05) is 24.3 Å². The minimum atomic E-state index is -0.159. The van der Waals surface area contributed by atoms with Gasteiger partial charge in [0.25, 0.3) is 0 Å². The lowest BCUT2D eigenvalue weighted by atomic mass is 10.0. The SMILES string of the molecule is Cc1cc(C)n(-c2cccc(NC(=O)NC3CCN(c4ccccc4)CC3)c2)n1. The molecule has 0 atom stereocenters. The Morgan fingerprint density at radius 1 is 0.966 bits per heavy atom. The second-order valence-electron chi connectivity index (χ2n) is 7.58. The van der Waals surface area contributed by atoms with Gasteiger partial charge in [0.05, 0.1) is 11.4 Å². The Hall–Kier alpha value is -3.28. The first-order valence-corrected chi connectivity index (χ1v) is 10.1. The lowest BCUT2D eigenvalue weighted by Gasteiger charge is -2.34. The molecule has 1 saturated heterocycles. The Balaban J connectivity index is 1.32. The minimum absolute atomic E-state index is 0.159. The maximum atomic E-state index is 12.5. The van der Waals surface area contributed by atoms with E-state index in [9.17, 15) is 4.79 Å². The Morgan fingerprint density at radius 2 is 1.69 bits per heavy atom. The van der Waals surface area contributed by atoms with Crippen molar-refractivity contribution in [3.63, 3.8) is 0 Å². The van der Waals surface area contributed by atoms with E-state index < -0.39 is 0 Å². The molecule has 6 heteroatoms. The van der Waals surface area contributed by atoms with Gasteiger partial charge in [-0.05, 0) is 63.1 Å². The smallest absolute Gasteiger partial charge is 0.319 e. The first kappa shape index (κ1) is 19.1. The van der Waals surface area contributed by atoms with E-state index in [1.165, 1.54) is 5.69 Å². The molecule has 0 saturated carbocycles. The summed E-state index contributed by atoms with van der Waals surface area (Å²) in [6.07, 6.45) is 1.88. The summed E-state index contributed by atoms with van der Waals surface area (Å²) in [6.45, 7) is 5.89. The van der Waals surface area contributed by atoms with Crippen molar-refractivity contribution < 1.29 is 4.79 Å². The predicted molar refractivity (Wildman–Crippen MR) is 117 cm³/mol. The molecule has 1 aliphatic heterocycles. The van der Waals surface area contributed by atoms with Gasteiger partial charge >= 0.3 is 6.03 Å². The highest BCUT2D eigenvalue weighted by Crippen LogP contribution is 2.20. The van der Waals surface area contributed by atoms with Gasteiger partial charge in [-0.15, -0.1) is 0 Å². The van der Waals surface area contributed by atoms with E-state index in [-0.39, 0.29) is 12.1 Å². The fourth-order valence-electron chi connectivity index (χ4n) is 3.88. The van der Waals surface area contributed by atoms with Crippen molar-refractivity contribution in [1.29, 1.82) is 0 Å². The van der Waals surface area contributed by atoms with Crippen LogP contribution in [0.25, 0.3) is 5.69 Å². The number of hydrogen-bond acceptors (Lipinski definition) is 3. The molecule has 4 rings (SSSR count). The summed E-state index contributed by atoms with van der Waals surface area (Å²) in [5, 5.41) is 10.6. The van der Waals surface area contributed by atoms with E-state index in [2.05, 4.69) is 44.9 Å². The highest BCUT2D eigenvalue weighted by Gasteiger charge is 2.20. The molecular weight excluding hydrogens is 362 g/mol. The number of nitrogens with zero attached hydrogens (tertiary/aromatic N) is 3. The molecule has 0 unspecified atom stereocenters. The molecule has 2 N–H and O–H groups in total. The maximum Gasteiger partial charge on any atom is 0.319 e. The maximum absolute atomic E-state index is 12.5. The minimum Gasteiger partial charge on any atom is -0.371 e. The van der Waals surface area contributed by atoms with Gasteiger partial charge in [0, 0.05) is 36.2 Å². The third kappa shape index (κ3) is 4.59. The lowest BCUT2D eigenvalue weighted by Crippen LogP contribution is -2.46. The molecule has 3 aromatic rings. The number of carbonyl (C=O) groups excluding carboxylic acids is 1. The highest BCUT2D eigenvalue weighted by atomic mass is 16.2. The monoisotopic (exact) mass is 389 g/mol. The van der Waals surface area contributed by atoms with Gasteiger partial charge in [-0.25, -0.2) is 9.48 Å². The van der Waals surface area contributed by atoms with E-state index in [4.69, 9.17) is 0 Å². The molecule has 2 heterocycles. The van der Waals surface area contributed by atoms with Crippen molar-refractivity contribution in [3.8, 4) is 5.69 Å². The molecule has 0 aliphatic carbocycles. The number of amides is 2. The molecule has 1 aromatic heterocycles. The largest absolute Gasteiger partial charge is 0.371 e. The van der Waals surface area contributed by atoms with Crippen LogP contribution in [0, 0.1) is 13.8 Å². The van der Waals surface area contributed by atoms with Crippen LogP contribution in [0.2, 0.25) is 0 Å². The van der Waals surface area contributed by atoms with Crippen LogP contribution < -0.4 is 15.5 Å². The average Bonchev–Trinajstić information content (AvgIpc) is 3.07. The standard InChI is InChI=1S/C23H27N5O/c1-17-15-18(2)28(26-17)22-10-6-7-20(16-22)25-23(29)24-19-11-13-27(14-12-19)21-8-4-3-5-9-21/h3-10,15-16,19H,11-14H2,1-2H3,(H2,24,25,29). The van der Waals surface area contributed by atoms with Crippen LogP contribution >= 0.6 is 0 Å². The summed E-state index contributed by atoms with van der Waals surface area (Å²) in [5.74, 6) is 0. The van der Waals surface area contributed by atoms with E-state index in [1.54, 1.807) is 0 Å². The number of hydrogen-bond donors (Lipinski definition) is 2. The predicted octanol–water partition coefficient (Wildman–Crippen LogP) is 4.28. The van der Waals surface area contributed by atoms with Crippen LogP contribution in [0.1, 0.15) is 24.2 Å². The first-order valence-electron chi connectivity index (χ1n) is 10.1. The molecule has 1 aliphatic rings. The average molecular weight is 390 g/mol. The third-order valence-electron chi connectivity index (χ3n) is 5.31. The summed E-state index contributed by atoms with van der Waals surface area (Å²) in [7, 11) is 0. The number of rotatable bonds is 4. The number of aryl methyl sites for hydroxylation is 2. The number of piperidine rings is 1. The quantitative estimate of drug-likeness (QED) is 0.700. The van der Waals surface area contributed by atoms with Gasteiger partial charge in [-0.2, -0.15) is 5.10 Å². The fourth-order valence-corrected chi connectivity index (χ4v) is 3.88. The molecular formula is C23H27N5O. The molecule has 0 spiro atoms. The van der Waals surface area contributed by atoms with Gasteiger partial charge < -0.3 is 15.5 Å². The fraction of sp³-hybridized carbons (Fsp3) is 0.304. The molecule has 6 nitrogen and oxygen atoms in total. The van der Waals surface area contributed by atoms with Crippen molar-refractivity contribution in [2.24, 2.45) is 0 Å². The molecule has 1 fully saturated rings. The Kier molecular flexibility index (Phi) is 5.51. The van der Waals surface area contributed by atoms with Crippen molar-refractivity contribution >= 4 is 17.4 Å². The third-order valence-corrected chi connectivity index (χ3v) is 5.31. The second kappa shape index (κ2) is 8.39. The van der Waals surface area contributed by atoms with Crippen LogP contribution in [-0.2, 0) is 0 Å². The van der Waals surface area contributed by atoms with Gasteiger partial charge in [0.2, 0.25) is 0 Å². The van der Waals surface area contributed by atoms with Gasteiger partial charge in [0.15, 0.2) is 0 Å². The highest BCUT2D eigenvalue weighted by molar-refractivity contribution is 5.89. The number of carbonyl (C=O) groups is 1. The summed E-state index contributed by atoms with van der Waals surface area (Å²) in [6, 6.07) is 20.3. The van der Waals surface area contributed by atoms with Crippen molar-refractivity contribution in [2.45, 2.75) is 32.7 Å². The number of nitrogens with one attached hydrogen (secondary N) is 2. The van der Waals surface area contributed by atoms with Crippen molar-refractivity contribution in [2.75, 3.05) is 23.3 Å². The zero-order valence-electron chi connectivity index (χ0n) is 16.9. The van der Waals surface area contributed by atoms with E-state index in [1.807, 2.05) is 54.9 Å². The van der Waals surface area contributed by atoms with E-state index in [0.29, 0.717) is 0 Å². The van der Waals surface area contributed by atoms with Crippen LogP contribution in [0.5, 0.6) is 0 Å². The molecule has 29 heavy (non-hydrogen) atoms. The molecule has 0 radical (unpaired) electrons. The number of aromatic nitrogens is 2. The number of urea groups is 1. The van der Waals surface area contributed by atoms with E-state index >= 15 is 0 Å². The molecule has 0 bridgehead atoms. The number of anilines is 2. The second-order valence-corrected chi connectivity index (χ2v) is 7.58. The van der Waals surface area contributed by atoms with Crippen LogP contribution in [-0.4, -0.2) is 34.9 Å². The Morgan fingerprint density at radius 3 is 2.38 bits per heavy atom. The number of benzene rings is 2. The van der Waals surface area contributed by atoms with Crippen LogP contribution in [0.3, 0.4) is 0 Å². The van der Waals surface area contributed by atoms with Crippen molar-refractivity contribution in [1.82, 2.24) is 15.1 Å². The Labute approximate surface area is 171 Å². The molecule has 150 valence electrons. The summed E-state index contributed by atoms with van der Waals surface area (Å²) in [5.41, 5.74) is 4.98. The van der Waals surface area contributed by atoms with Crippen LogP contribution in [0.15, 0.2) is 60.7 Å². The first-order chi connectivity index (χ1) is 14.1. The van der Waals surface area contributed by atoms with Gasteiger partial charge in [0.1, 0.15) is 0 Å². The summed E-state index contributed by atoms with van der Waals surface area (Å²) in [4.78, 5) is 14.9. The normalized spacial score (nSPS) is 14.6. The van der Waals surface area contributed by atoms with Crippen molar-refractivity contribution in [3.05, 3.63) is 72.1 Å². The molecule has 2 aromatic carbocycles. The number of para-hydroxylation sites is 1. The van der Waals surface area contributed by atoms with Crippen LogP contribution in [0.4, 0.5) is 16.2 Å². The summed E-state index contributed by atoms with van der Waals surface area (Å²) < 4.78 is 1.89. The van der Waals surface area contributed by atoms with E-state index in [0.717, 1.165) is 48.7 Å². The Bertz CT molecular complexity index is 974. The topological polar surface area (TPSA) is 62.2 Å². The zero-order valence-corrected chi connectivity index (χ0v) is 16.9.